The molecule has 0 bridgehead atoms. The van der Waals surface area contributed by atoms with Gasteiger partial charge in [0.2, 0.25) is 0 Å². The molecule has 2 amide bonds. The summed E-state index contributed by atoms with van der Waals surface area (Å²) < 4.78 is 4.55. The van der Waals surface area contributed by atoms with Crippen LogP contribution in [-0.2, 0) is 4.84 Å². The second-order valence-corrected chi connectivity index (χ2v) is 21.2. The molecule has 0 saturated heterocycles. The zero-order valence-electron chi connectivity index (χ0n) is 16.6. The van der Waals surface area contributed by atoms with Gasteiger partial charge in [-0.25, -0.2) is 0 Å². The molecule has 1 aromatic carbocycles. The predicted molar refractivity (Wildman–Crippen MR) is 108 cm³/mol. The van der Waals surface area contributed by atoms with E-state index in [1.165, 1.54) is 51.8 Å². The number of imide groups is 1. The Bertz CT molecular complexity index is 560. The van der Waals surface area contributed by atoms with Crippen LogP contribution in [0.15, 0.2) is 24.3 Å². The second-order valence-electron chi connectivity index (χ2n) is 7.53. The molecule has 0 atom stereocenters. The molecule has 0 radical (unpaired) electrons. The Kier molecular flexibility index (Phi) is 8.61. The first kappa shape index (κ1) is 21.4. The van der Waals surface area contributed by atoms with Crippen molar-refractivity contribution in [2.45, 2.75) is 72.6 Å². The van der Waals surface area contributed by atoms with Crippen LogP contribution in [0.25, 0.3) is 0 Å². The molecule has 0 unspecified atom stereocenters. The van der Waals surface area contributed by atoms with E-state index in [1.807, 2.05) is 0 Å². The molecular weight excluding hydrogens is 433 g/mol. The molecule has 1 aromatic rings. The van der Waals surface area contributed by atoms with Gasteiger partial charge in [-0.2, -0.15) is 0 Å². The molecule has 0 saturated carbocycles. The van der Waals surface area contributed by atoms with Crippen molar-refractivity contribution in [2.24, 2.45) is 0 Å². The van der Waals surface area contributed by atoms with E-state index in [0.717, 1.165) is 5.06 Å². The molecule has 1 aliphatic heterocycles. The zero-order valence-corrected chi connectivity index (χ0v) is 19.4. The molecule has 0 N–H and O–H groups in total. The quantitative estimate of drug-likeness (QED) is 0.298. The maximum atomic E-state index is 12.6. The van der Waals surface area contributed by atoms with Gasteiger partial charge in [-0.15, -0.1) is 0 Å². The number of carbonyl (C=O) groups is 2. The number of unbranched alkanes of at least 4 members (excludes halogenated alkanes) is 3. The van der Waals surface area contributed by atoms with Crippen molar-refractivity contribution >= 4 is 30.2 Å². The van der Waals surface area contributed by atoms with E-state index in [-0.39, 0.29) is 11.8 Å². The van der Waals surface area contributed by atoms with Gasteiger partial charge in [0, 0.05) is 0 Å². The summed E-state index contributed by atoms with van der Waals surface area (Å²) in [6.07, 6.45) is 7.33. The van der Waals surface area contributed by atoms with Crippen molar-refractivity contribution in [1.29, 1.82) is 0 Å². The maximum absolute atomic E-state index is 12.6. The molecule has 1 aliphatic rings. The van der Waals surface area contributed by atoms with Crippen LogP contribution in [0, 0.1) is 0 Å². The number of nitrogens with zero attached hydrogens (tertiary/aromatic N) is 1. The van der Waals surface area contributed by atoms with Crippen LogP contribution in [0.3, 0.4) is 0 Å². The van der Waals surface area contributed by atoms with Gasteiger partial charge in [-0.1, -0.05) is 0 Å². The van der Waals surface area contributed by atoms with Crippen molar-refractivity contribution in [1.82, 2.24) is 5.06 Å². The number of amides is 2. The van der Waals surface area contributed by atoms with Crippen LogP contribution in [0.1, 0.15) is 80.0 Å². The molecular formula is C21H33NO3Sn. The summed E-state index contributed by atoms with van der Waals surface area (Å²) in [5.41, 5.74) is 0.933. The summed E-state index contributed by atoms with van der Waals surface area (Å²) in [5.74, 6) is -0.598. The Labute approximate surface area is 162 Å². The van der Waals surface area contributed by atoms with Crippen molar-refractivity contribution in [2.75, 3.05) is 4.62 Å². The average Bonchev–Trinajstić information content (AvgIpc) is 2.91. The first-order valence-electron chi connectivity index (χ1n) is 10.2. The van der Waals surface area contributed by atoms with Crippen LogP contribution in [-0.4, -0.2) is 39.9 Å². The van der Waals surface area contributed by atoms with E-state index in [9.17, 15) is 9.59 Å². The molecule has 26 heavy (non-hydrogen) atoms. The van der Waals surface area contributed by atoms with Crippen molar-refractivity contribution in [3.05, 3.63) is 35.4 Å². The average molecular weight is 466 g/mol. The fraction of sp³-hybridized carbons (Fsp3) is 0.619. The SMILES string of the molecule is CCC[CH2][Sn]([CH2]CCC)([CH2]CCC)[CH2]ON1C(=O)c2ccccc2C1=O. The van der Waals surface area contributed by atoms with Crippen molar-refractivity contribution in [3.63, 3.8) is 0 Å². The minimum atomic E-state index is -2.53. The van der Waals surface area contributed by atoms with E-state index >= 15 is 0 Å². The summed E-state index contributed by atoms with van der Waals surface area (Å²) in [5, 5.41) is 1.04. The monoisotopic (exact) mass is 467 g/mol. The predicted octanol–water partition coefficient (Wildman–Crippen LogP) is 5.60. The number of hydroxylamine groups is 2. The van der Waals surface area contributed by atoms with Gasteiger partial charge in [-0.05, 0) is 0 Å². The van der Waals surface area contributed by atoms with E-state index in [1.54, 1.807) is 24.3 Å². The molecule has 0 spiro atoms. The standard InChI is InChI=1S/C9H6NO3.3C4H9.Sn/c1-13-10-8(11)6-4-2-3-5-7(6)9(10)12;3*1-3-4-2;/h2-5H,1H2;3*1,3-4H2,2H3;. The topological polar surface area (TPSA) is 46.6 Å². The van der Waals surface area contributed by atoms with E-state index < -0.39 is 18.4 Å². The Balaban J connectivity index is 2.12. The molecule has 0 fully saturated rings. The summed E-state index contributed by atoms with van der Waals surface area (Å²) >= 11 is -2.53. The van der Waals surface area contributed by atoms with Gasteiger partial charge in [0.1, 0.15) is 0 Å². The summed E-state index contributed by atoms with van der Waals surface area (Å²) in [4.78, 5) is 31.1. The fourth-order valence-corrected chi connectivity index (χ4v) is 17.7. The molecule has 5 heteroatoms. The van der Waals surface area contributed by atoms with Gasteiger partial charge in [-0.3, -0.25) is 0 Å². The zero-order chi connectivity index (χ0) is 19.0. The number of carbonyl (C=O) groups excluding carboxylic acids is 2. The third-order valence-corrected chi connectivity index (χ3v) is 19.7. The number of benzene rings is 1. The minimum absolute atomic E-state index is 0.299. The van der Waals surface area contributed by atoms with Crippen LogP contribution >= 0.6 is 0 Å². The molecule has 144 valence electrons. The van der Waals surface area contributed by atoms with Crippen LogP contribution in [0.5, 0.6) is 0 Å². The Morgan fingerprint density at radius 3 is 1.62 bits per heavy atom. The summed E-state index contributed by atoms with van der Waals surface area (Å²) in [7, 11) is 0. The van der Waals surface area contributed by atoms with Gasteiger partial charge < -0.3 is 0 Å². The van der Waals surface area contributed by atoms with E-state index in [0.29, 0.717) is 15.7 Å². The third-order valence-electron chi connectivity index (χ3n) is 5.44. The van der Waals surface area contributed by atoms with E-state index in [4.69, 9.17) is 4.84 Å². The fourth-order valence-electron chi connectivity index (χ4n) is 3.73. The molecule has 1 heterocycles. The van der Waals surface area contributed by atoms with Gasteiger partial charge in [0.15, 0.2) is 0 Å². The first-order chi connectivity index (χ1) is 12.6. The van der Waals surface area contributed by atoms with Gasteiger partial charge in [0.25, 0.3) is 0 Å². The molecule has 4 nitrogen and oxygen atoms in total. The summed E-state index contributed by atoms with van der Waals surface area (Å²) in [6.45, 7) is 6.71. The van der Waals surface area contributed by atoms with Crippen molar-refractivity contribution < 1.29 is 14.4 Å². The molecule has 0 aromatic heterocycles. The van der Waals surface area contributed by atoms with Gasteiger partial charge >= 0.3 is 162 Å². The van der Waals surface area contributed by atoms with E-state index in [2.05, 4.69) is 20.8 Å². The third kappa shape index (κ3) is 5.09. The number of hydrogen-bond acceptors (Lipinski definition) is 3. The summed E-state index contributed by atoms with van der Waals surface area (Å²) in [6, 6.07) is 7.00. The Morgan fingerprint density at radius 2 is 1.23 bits per heavy atom. The Morgan fingerprint density at radius 1 is 0.808 bits per heavy atom. The van der Waals surface area contributed by atoms with Crippen LogP contribution in [0.2, 0.25) is 13.3 Å². The normalized spacial score (nSPS) is 14.2. The van der Waals surface area contributed by atoms with Gasteiger partial charge in [0.05, 0.1) is 0 Å². The van der Waals surface area contributed by atoms with Crippen molar-refractivity contribution in [3.8, 4) is 0 Å². The number of rotatable bonds is 12. The number of fused-ring (bicyclic) bond motifs is 1. The van der Waals surface area contributed by atoms with Crippen LogP contribution < -0.4 is 0 Å². The first-order valence-corrected chi connectivity index (χ1v) is 18.3. The Hall–Kier alpha value is -0.881. The molecule has 2 rings (SSSR count). The number of hydrogen-bond donors (Lipinski definition) is 0. The molecule has 0 aliphatic carbocycles. The second kappa shape index (κ2) is 10.5. The van der Waals surface area contributed by atoms with Crippen LogP contribution in [0.4, 0.5) is 0 Å².